The van der Waals surface area contributed by atoms with Gasteiger partial charge < -0.3 is 14.4 Å². The van der Waals surface area contributed by atoms with Crippen LogP contribution < -0.4 is 0 Å². The Hall–Kier alpha value is -4.11. The highest BCUT2D eigenvalue weighted by atomic mass is 16.5. The van der Waals surface area contributed by atoms with Crippen molar-refractivity contribution in [2.45, 2.75) is 38.6 Å². The van der Waals surface area contributed by atoms with Gasteiger partial charge in [-0.05, 0) is 48.9 Å². The highest BCUT2D eigenvalue weighted by Crippen LogP contribution is 2.37. The summed E-state index contributed by atoms with van der Waals surface area (Å²) in [5.41, 5.74) is 6.30. The van der Waals surface area contributed by atoms with Crippen LogP contribution in [-0.2, 0) is 27.2 Å². The first-order valence-corrected chi connectivity index (χ1v) is 12.9. The number of carbonyl (C=O) groups is 2. The van der Waals surface area contributed by atoms with E-state index in [1.807, 2.05) is 29.3 Å². The molecule has 9 heteroatoms. The molecule has 0 saturated carbocycles. The van der Waals surface area contributed by atoms with E-state index in [0.29, 0.717) is 19.0 Å². The molecule has 5 heterocycles. The third-order valence-corrected chi connectivity index (χ3v) is 7.56. The van der Waals surface area contributed by atoms with Crippen LogP contribution in [0.5, 0.6) is 0 Å². The van der Waals surface area contributed by atoms with Crippen LogP contribution in [0.4, 0.5) is 0 Å². The second-order valence-corrected chi connectivity index (χ2v) is 9.79. The zero-order chi connectivity index (χ0) is 26.2. The molecule has 0 atom stereocenters. The SMILES string of the molecule is COC(=O)c1ccc(-c2cc3cccc(-n4nc5c(c4C4CCOCC4)CCN(C(C)=O)C5)c3cn2)cn1. The summed E-state index contributed by atoms with van der Waals surface area (Å²) in [6.07, 6.45) is 6.23. The van der Waals surface area contributed by atoms with Crippen LogP contribution >= 0.6 is 0 Å². The number of esters is 1. The number of benzene rings is 1. The van der Waals surface area contributed by atoms with Crippen molar-refractivity contribution in [2.75, 3.05) is 26.9 Å². The molecule has 0 unspecified atom stereocenters. The second kappa shape index (κ2) is 9.98. The van der Waals surface area contributed by atoms with E-state index < -0.39 is 5.97 Å². The third-order valence-electron chi connectivity index (χ3n) is 7.56. The van der Waals surface area contributed by atoms with E-state index in [-0.39, 0.29) is 11.6 Å². The minimum atomic E-state index is -0.471. The lowest BCUT2D eigenvalue weighted by atomic mass is 9.90. The number of aromatic nitrogens is 4. The molecule has 1 amide bonds. The van der Waals surface area contributed by atoms with Gasteiger partial charge in [-0.25, -0.2) is 14.5 Å². The summed E-state index contributed by atoms with van der Waals surface area (Å²) < 4.78 is 12.5. The number of hydrogen-bond donors (Lipinski definition) is 0. The van der Waals surface area contributed by atoms with Crippen molar-refractivity contribution in [1.29, 1.82) is 0 Å². The normalized spacial score (nSPS) is 15.9. The molecule has 4 aromatic rings. The van der Waals surface area contributed by atoms with Gasteiger partial charge in [0.1, 0.15) is 5.69 Å². The summed E-state index contributed by atoms with van der Waals surface area (Å²) in [7, 11) is 1.34. The van der Waals surface area contributed by atoms with E-state index in [1.54, 1.807) is 19.2 Å². The highest BCUT2D eigenvalue weighted by Gasteiger charge is 2.31. The van der Waals surface area contributed by atoms with Gasteiger partial charge in [0.15, 0.2) is 0 Å². The summed E-state index contributed by atoms with van der Waals surface area (Å²) in [6, 6.07) is 11.7. The van der Waals surface area contributed by atoms with E-state index in [1.165, 1.54) is 18.4 Å². The maximum absolute atomic E-state index is 12.1. The zero-order valence-corrected chi connectivity index (χ0v) is 21.5. The standard InChI is InChI=1S/C29H29N5O4/c1-18(35)33-11-8-22-26(17-33)32-34(28(22)19-9-12-38-13-10-19)27-5-3-4-20-14-25(31-16-23(20)27)21-6-7-24(30-15-21)29(36)37-2/h3-7,14-16,19H,8-13,17H2,1-2H3. The molecular formula is C29H29N5O4. The molecule has 2 aliphatic rings. The monoisotopic (exact) mass is 511 g/mol. The lowest BCUT2D eigenvalue weighted by molar-refractivity contribution is -0.129. The molecule has 0 bridgehead atoms. The Morgan fingerprint density at radius 1 is 1.08 bits per heavy atom. The predicted molar refractivity (Wildman–Crippen MR) is 141 cm³/mol. The van der Waals surface area contributed by atoms with Crippen LogP contribution in [0.25, 0.3) is 27.7 Å². The average molecular weight is 512 g/mol. The first-order chi connectivity index (χ1) is 18.5. The lowest BCUT2D eigenvalue weighted by Crippen LogP contribution is -2.34. The smallest absolute Gasteiger partial charge is 0.356 e. The molecule has 9 nitrogen and oxygen atoms in total. The number of hydrogen-bond acceptors (Lipinski definition) is 7. The Morgan fingerprint density at radius 2 is 1.92 bits per heavy atom. The van der Waals surface area contributed by atoms with Crippen molar-refractivity contribution in [1.82, 2.24) is 24.6 Å². The molecule has 1 aromatic carbocycles. The van der Waals surface area contributed by atoms with E-state index in [0.717, 1.165) is 65.9 Å². The Morgan fingerprint density at radius 3 is 2.66 bits per heavy atom. The van der Waals surface area contributed by atoms with Gasteiger partial charge in [-0.2, -0.15) is 5.10 Å². The third kappa shape index (κ3) is 4.32. The van der Waals surface area contributed by atoms with Crippen molar-refractivity contribution in [3.05, 3.63) is 71.4 Å². The van der Waals surface area contributed by atoms with E-state index in [4.69, 9.17) is 19.6 Å². The molecule has 0 radical (unpaired) electrons. The van der Waals surface area contributed by atoms with E-state index in [2.05, 4.69) is 21.8 Å². The molecule has 0 aliphatic carbocycles. The summed E-state index contributed by atoms with van der Waals surface area (Å²) in [5.74, 6) is -0.0408. The van der Waals surface area contributed by atoms with Crippen LogP contribution in [0, 0.1) is 0 Å². The van der Waals surface area contributed by atoms with Gasteiger partial charge in [0, 0.05) is 61.5 Å². The number of rotatable bonds is 4. The fourth-order valence-corrected chi connectivity index (χ4v) is 5.53. The molecule has 1 fully saturated rings. The largest absolute Gasteiger partial charge is 0.464 e. The summed E-state index contributed by atoms with van der Waals surface area (Å²) in [6.45, 7) is 4.36. The quantitative estimate of drug-likeness (QED) is 0.381. The number of ether oxygens (including phenoxy) is 2. The summed E-state index contributed by atoms with van der Waals surface area (Å²) in [5, 5.41) is 7.12. The topological polar surface area (TPSA) is 99.4 Å². The Labute approximate surface area is 220 Å². The van der Waals surface area contributed by atoms with Gasteiger partial charge in [0.05, 0.1) is 36.4 Å². The summed E-state index contributed by atoms with van der Waals surface area (Å²) in [4.78, 5) is 34.7. The van der Waals surface area contributed by atoms with Crippen molar-refractivity contribution in [3.63, 3.8) is 0 Å². The van der Waals surface area contributed by atoms with E-state index >= 15 is 0 Å². The maximum Gasteiger partial charge on any atom is 0.356 e. The Bertz CT molecular complexity index is 1520. The number of pyridine rings is 2. The molecule has 2 aliphatic heterocycles. The number of carbonyl (C=O) groups excluding carboxylic acids is 2. The van der Waals surface area contributed by atoms with Gasteiger partial charge in [-0.15, -0.1) is 0 Å². The minimum Gasteiger partial charge on any atom is -0.464 e. The minimum absolute atomic E-state index is 0.0776. The molecule has 1 saturated heterocycles. The zero-order valence-electron chi connectivity index (χ0n) is 21.5. The molecule has 3 aromatic heterocycles. The van der Waals surface area contributed by atoms with Crippen LogP contribution in [0.15, 0.2) is 48.8 Å². The molecule has 6 rings (SSSR count). The van der Waals surface area contributed by atoms with Crippen molar-refractivity contribution >= 4 is 22.6 Å². The predicted octanol–water partition coefficient (Wildman–Crippen LogP) is 4.07. The van der Waals surface area contributed by atoms with Gasteiger partial charge in [-0.1, -0.05) is 12.1 Å². The molecule has 38 heavy (non-hydrogen) atoms. The van der Waals surface area contributed by atoms with Gasteiger partial charge in [0.2, 0.25) is 5.91 Å². The van der Waals surface area contributed by atoms with Crippen LogP contribution in [-0.4, -0.2) is 63.4 Å². The first kappa shape index (κ1) is 24.2. The lowest BCUT2D eigenvalue weighted by Gasteiger charge is -2.28. The fraction of sp³-hybridized carbons (Fsp3) is 0.345. The Kier molecular flexibility index (Phi) is 6.37. The molecule has 0 N–H and O–H groups in total. The Balaban J connectivity index is 1.43. The van der Waals surface area contributed by atoms with E-state index in [9.17, 15) is 9.59 Å². The highest BCUT2D eigenvalue weighted by molar-refractivity contribution is 5.92. The van der Waals surface area contributed by atoms with Crippen molar-refractivity contribution in [2.24, 2.45) is 0 Å². The van der Waals surface area contributed by atoms with Crippen LogP contribution in [0.1, 0.15) is 53.1 Å². The maximum atomic E-state index is 12.1. The second-order valence-electron chi connectivity index (χ2n) is 9.79. The number of nitrogens with zero attached hydrogens (tertiary/aromatic N) is 5. The molecule has 194 valence electrons. The first-order valence-electron chi connectivity index (χ1n) is 12.9. The fourth-order valence-electron chi connectivity index (χ4n) is 5.53. The van der Waals surface area contributed by atoms with Gasteiger partial charge in [-0.3, -0.25) is 9.78 Å². The van der Waals surface area contributed by atoms with Crippen molar-refractivity contribution < 1.29 is 19.1 Å². The average Bonchev–Trinajstić information content (AvgIpc) is 3.35. The van der Waals surface area contributed by atoms with Crippen molar-refractivity contribution in [3.8, 4) is 16.9 Å². The number of methoxy groups -OCH3 is 1. The number of amides is 1. The molecular weight excluding hydrogens is 482 g/mol. The van der Waals surface area contributed by atoms with Gasteiger partial charge >= 0.3 is 5.97 Å². The molecule has 0 spiro atoms. The van der Waals surface area contributed by atoms with Crippen LogP contribution in [0.3, 0.4) is 0 Å². The van der Waals surface area contributed by atoms with Gasteiger partial charge in [0.25, 0.3) is 0 Å². The van der Waals surface area contributed by atoms with Crippen LogP contribution in [0.2, 0.25) is 0 Å². The number of fused-ring (bicyclic) bond motifs is 2. The summed E-state index contributed by atoms with van der Waals surface area (Å²) >= 11 is 0.